The van der Waals surface area contributed by atoms with Crippen LogP contribution < -0.4 is 5.32 Å². The monoisotopic (exact) mass is 485 g/mol. The maximum absolute atomic E-state index is 11.7. The van der Waals surface area contributed by atoms with Gasteiger partial charge in [-0.05, 0) is 37.3 Å². The number of aryl methyl sites for hydroxylation is 1. The normalized spacial score (nSPS) is 19.5. The highest BCUT2D eigenvalue weighted by Crippen LogP contribution is 2.35. The fourth-order valence-corrected chi connectivity index (χ4v) is 4.18. The molecular weight excluding hydrogens is 446 g/mol. The summed E-state index contributed by atoms with van der Waals surface area (Å²) in [5, 5.41) is 12.5. The molecule has 0 aromatic heterocycles. The summed E-state index contributed by atoms with van der Waals surface area (Å²) in [5.41, 5.74) is 2.52. The highest BCUT2D eigenvalue weighted by Gasteiger charge is 2.47. The summed E-state index contributed by atoms with van der Waals surface area (Å²) >= 11 is 0. The molecule has 0 amide bonds. The number of carboxylic acid groups (broad SMARTS) is 1. The van der Waals surface area contributed by atoms with Gasteiger partial charge >= 0.3 is 12.3 Å². The minimum absolute atomic E-state index is 0. The molecule has 1 fully saturated rings. The Kier molecular flexibility index (Phi) is 13.9. The van der Waals surface area contributed by atoms with Crippen LogP contribution in [-0.2, 0) is 27.2 Å². The van der Waals surface area contributed by atoms with Crippen LogP contribution in [0.4, 0.5) is 9.59 Å². The molecule has 0 spiro atoms. The molecule has 2 unspecified atom stereocenters. The molecule has 1 aliphatic carbocycles. The quantitative estimate of drug-likeness (QED) is 0.174. The SMILES string of the molecule is CCCCCCCCCc1ccc(CNC2CCC(OC(=O)O)(OC(=O)OCC)C2)cc1.Cl. The zero-order chi connectivity index (χ0) is 23.2. The van der Waals surface area contributed by atoms with Crippen molar-refractivity contribution < 1.29 is 28.9 Å². The van der Waals surface area contributed by atoms with Crippen molar-refractivity contribution in [1.82, 2.24) is 5.32 Å². The maximum atomic E-state index is 11.7. The molecule has 0 aliphatic heterocycles. The van der Waals surface area contributed by atoms with Crippen molar-refractivity contribution in [3.63, 3.8) is 0 Å². The fourth-order valence-electron chi connectivity index (χ4n) is 4.18. The van der Waals surface area contributed by atoms with Crippen LogP contribution in [0.25, 0.3) is 0 Å². The minimum atomic E-state index is -1.49. The second-order valence-corrected chi connectivity index (χ2v) is 8.57. The third kappa shape index (κ3) is 11.1. The molecule has 2 atom stereocenters. The Hall–Kier alpha value is -1.99. The Balaban J connectivity index is 0.00000544. The largest absolute Gasteiger partial charge is 0.511 e. The van der Waals surface area contributed by atoms with Crippen LogP contribution in [0.2, 0.25) is 0 Å². The first kappa shape index (κ1) is 29.0. The molecule has 1 saturated carbocycles. The summed E-state index contributed by atoms with van der Waals surface area (Å²) in [5.74, 6) is -1.49. The summed E-state index contributed by atoms with van der Waals surface area (Å²) < 4.78 is 14.9. The second-order valence-electron chi connectivity index (χ2n) is 8.57. The first-order chi connectivity index (χ1) is 15.5. The van der Waals surface area contributed by atoms with E-state index in [2.05, 4.69) is 36.5 Å². The van der Waals surface area contributed by atoms with Crippen molar-refractivity contribution in [3.8, 4) is 0 Å². The van der Waals surface area contributed by atoms with Crippen molar-refractivity contribution in [2.45, 2.75) is 103 Å². The summed E-state index contributed by atoms with van der Waals surface area (Å²) in [6.07, 6.45) is 9.15. The van der Waals surface area contributed by atoms with E-state index in [9.17, 15) is 9.59 Å². The Bertz CT molecular complexity index is 699. The average molecular weight is 486 g/mol. The van der Waals surface area contributed by atoms with Gasteiger partial charge in [0.2, 0.25) is 0 Å². The molecule has 1 aromatic carbocycles. The number of rotatable bonds is 14. The Morgan fingerprint density at radius 2 is 1.64 bits per heavy atom. The first-order valence-corrected chi connectivity index (χ1v) is 12.0. The van der Waals surface area contributed by atoms with Gasteiger partial charge in [-0.15, -0.1) is 12.4 Å². The number of hydrogen-bond donors (Lipinski definition) is 2. The van der Waals surface area contributed by atoms with Gasteiger partial charge in [-0.3, -0.25) is 0 Å². The predicted octanol–water partition coefficient (Wildman–Crippen LogP) is 6.61. The summed E-state index contributed by atoms with van der Waals surface area (Å²) in [6.45, 7) is 4.71. The highest BCUT2D eigenvalue weighted by molar-refractivity contribution is 5.85. The van der Waals surface area contributed by atoms with E-state index in [0.29, 0.717) is 19.4 Å². The molecular formula is C25H40ClNO6. The van der Waals surface area contributed by atoms with Gasteiger partial charge in [0.05, 0.1) is 6.61 Å². The molecule has 2 rings (SSSR count). The molecule has 188 valence electrons. The van der Waals surface area contributed by atoms with Crippen LogP contribution in [0.5, 0.6) is 0 Å². The van der Waals surface area contributed by atoms with Crippen LogP contribution in [0.15, 0.2) is 24.3 Å². The predicted molar refractivity (Wildman–Crippen MR) is 130 cm³/mol. The molecule has 33 heavy (non-hydrogen) atoms. The summed E-state index contributed by atoms with van der Waals surface area (Å²) in [4.78, 5) is 22.8. The van der Waals surface area contributed by atoms with Crippen LogP contribution in [0.1, 0.15) is 89.2 Å². The second kappa shape index (κ2) is 15.8. The van der Waals surface area contributed by atoms with E-state index in [0.717, 1.165) is 12.0 Å². The molecule has 2 N–H and O–H groups in total. The Morgan fingerprint density at radius 3 is 2.27 bits per heavy atom. The minimum Gasteiger partial charge on any atom is -0.450 e. The molecule has 0 bridgehead atoms. The highest BCUT2D eigenvalue weighted by atomic mass is 35.5. The van der Waals surface area contributed by atoms with Crippen molar-refractivity contribution in [1.29, 1.82) is 0 Å². The van der Waals surface area contributed by atoms with Gasteiger partial charge in [-0.1, -0.05) is 69.7 Å². The van der Waals surface area contributed by atoms with Gasteiger partial charge in [0.1, 0.15) is 0 Å². The Morgan fingerprint density at radius 1 is 1.00 bits per heavy atom. The summed E-state index contributed by atoms with van der Waals surface area (Å²) in [7, 11) is 0. The van der Waals surface area contributed by atoms with Crippen LogP contribution in [0, 0.1) is 0 Å². The smallest absolute Gasteiger partial charge is 0.450 e. The molecule has 0 saturated heterocycles. The topological polar surface area (TPSA) is 94.1 Å². The van der Waals surface area contributed by atoms with E-state index in [4.69, 9.17) is 19.3 Å². The lowest BCUT2D eigenvalue weighted by molar-refractivity contribution is -0.181. The van der Waals surface area contributed by atoms with Gasteiger partial charge in [-0.2, -0.15) is 0 Å². The van der Waals surface area contributed by atoms with Gasteiger partial charge < -0.3 is 24.6 Å². The van der Waals surface area contributed by atoms with E-state index in [1.807, 2.05) is 0 Å². The third-order valence-electron chi connectivity index (χ3n) is 5.92. The molecule has 1 aromatic rings. The fraction of sp³-hybridized carbons (Fsp3) is 0.680. The van der Waals surface area contributed by atoms with Gasteiger partial charge in [0, 0.05) is 25.4 Å². The standard InChI is InChI=1S/C25H39NO6.ClH/c1-3-5-6-7-8-9-10-11-20-12-14-21(15-13-20)19-26-22-16-17-25(18-22,31-23(27)28)32-24(29)30-4-2;/h12-15,22,26H,3-11,16-19H2,1-2H3,(H,27,28);1H. The van der Waals surface area contributed by atoms with Crippen molar-refractivity contribution in [2.75, 3.05) is 6.61 Å². The number of carbonyl (C=O) groups is 2. The lowest BCUT2D eigenvalue weighted by atomic mass is 10.0. The number of halogens is 1. The molecule has 0 heterocycles. The van der Waals surface area contributed by atoms with E-state index in [1.165, 1.54) is 50.5 Å². The van der Waals surface area contributed by atoms with E-state index < -0.39 is 18.1 Å². The first-order valence-electron chi connectivity index (χ1n) is 12.0. The maximum Gasteiger partial charge on any atom is 0.511 e. The van der Waals surface area contributed by atoms with E-state index in [1.54, 1.807) is 6.92 Å². The van der Waals surface area contributed by atoms with Crippen LogP contribution in [0.3, 0.4) is 0 Å². The summed E-state index contributed by atoms with van der Waals surface area (Å²) in [6, 6.07) is 8.62. The van der Waals surface area contributed by atoms with Gasteiger partial charge in [0.25, 0.3) is 5.79 Å². The van der Waals surface area contributed by atoms with Crippen molar-refractivity contribution in [3.05, 3.63) is 35.4 Å². The zero-order valence-corrected chi connectivity index (χ0v) is 20.8. The van der Waals surface area contributed by atoms with Crippen molar-refractivity contribution >= 4 is 24.7 Å². The lowest BCUT2D eigenvalue weighted by Crippen LogP contribution is -2.39. The molecule has 7 nitrogen and oxygen atoms in total. The van der Waals surface area contributed by atoms with Crippen molar-refractivity contribution in [2.24, 2.45) is 0 Å². The average Bonchev–Trinajstić information content (AvgIpc) is 3.14. The number of benzene rings is 1. The molecule has 8 heteroatoms. The molecule has 0 radical (unpaired) electrons. The van der Waals surface area contributed by atoms with Gasteiger partial charge in [0.15, 0.2) is 0 Å². The molecule has 1 aliphatic rings. The van der Waals surface area contributed by atoms with Crippen LogP contribution in [-0.4, -0.2) is 35.9 Å². The van der Waals surface area contributed by atoms with Crippen LogP contribution >= 0.6 is 12.4 Å². The number of nitrogens with one attached hydrogen (secondary N) is 1. The Labute approximate surface area is 204 Å². The zero-order valence-electron chi connectivity index (χ0n) is 20.0. The van der Waals surface area contributed by atoms with Gasteiger partial charge in [-0.25, -0.2) is 9.59 Å². The third-order valence-corrected chi connectivity index (χ3v) is 5.92. The number of carbonyl (C=O) groups excluding carboxylic acids is 1. The number of ether oxygens (including phenoxy) is 3. The number of unbranched alkanes of at least 4 members (excludes halogenated alkanes) is 6. The number of hydrogen-bond acceptors (Lipinski definition) is 6. The van der Waals surface area contributed by atoms with E-state index >= 15 is 0 Å². The lowest BCUT2D eigenvalue weighted by Gasteiger charge is -2.27. The van der Waals surface area contributed by atoms with E-state index in [-0.39, 0.29) is 31.5 Å².